The number of benzene rings is 3. The van der Waals surface area contributed by atoms with Crippen molar-refractivity contribution in [2.24, 2.45) is 0 Å². The third kappa shape index (κ3) is 8.49. The number of hydrogen-bond acceptors (Lipinski definition) is 7. The van der Waals surface area contributed by atoms with Crippen LogP contribution in [0.15, 0.2) is 71.6 Å². The molecule has 1 amide bonds. The predicted molar refractivity (Wildman–Crippen MR) is 155 cm³/mol. The van der Waals surface area contributed by atoms with Crippen LogP contribution < -0.4 is 15.0 Å². The number of carbonyl (C=O) groups is 1. The van der Waals surface area contributed by atoms with Crippen molar-refractivity contribution < 1.29 is 49.0 Å². The molecule has 0 radical (unpaired) electrons. The van der Waals surface area contributed by atoms with Crippen LogP contribution in [-0.4, -0.2) is 52.0 Å². The Kier molecular flexibility index (Phi) is 10.8. The van der Waals surface area contributed by atoms with Crippen LogP contribution in [0.5, 0.6) is 5.75 Å². The summed E-state index contributed by atoms with van der Waals surface area (Å²) in [6.45, 7) is -2.11. The molecule has 1 aliphatic heterocycles. The summed E-state index contributed by atoms with van der Waals surface area (Å²) in [5.74, 6) is -1.58. The molecular weight excluding hydrogens is 640 g/mol. The normalized spacial score (nSPS) is 17.5. The van der Waals surface area contributed by atoms with E-state index in [4.69, 9.17) is 4.74 Å². The van der Waals surface area contributed by atoms with Crippen molar-refractivity contribution in [3.05, 3.63) is 89.2 Å². The Morgan fingerprint density at radius 1 is 1.09 bits per heavy atom. The van der Waals surface area contributed by atoms with Crippen LogP contribution in [0.1, 0.15) is 47.3 Å². The minimum atomic E-state index is -4.54. The first-order valence-corrected chi connectivity index (χ1v) is 15.7. The lowest BCUT2D eigenvalue weighted by molar-refractivity contribution is -0.137. The van der Waals surface area contributed by atoms with Gasteiger partial charge in [-0.25, -0.2) is 12.8 Å². The van der Waals surface area contributed by atoms with Gasteiger partial charge in [-0.2, -0.15) is 27.2 Å². The molecule has 1 saturated heterocycles. The summed E-state index contributed by atoms with van der Waals surface area (Å²) >= 11 is 0. The Labute approximate surface area is 261 Å². The standard InChI is InChI=1S/C31H29F6N3O5S/c1-2-46(42,43)25-10-3-19(4-11-25)27(13-14-38)39-29(41)20-5-12-28(26(32)15-20)40-17-24(16-22(40)18-44-30(33)34)45-23-8-6-21(7-9-23)31(35,36)37/h3-12,15,22,24,27,30H,2,13,16-18H2,1H3,(H,39,41)/t22-,24+,27-/m0/s1. The lowest BCUT2D eigenvalue weighted by Gasteiger charge is -2.27. The van der Waals surface area contributed by atoms with Gasteiger partial charge in [0, 0.05) is 12.0 Å². The molecule has 1 N–H and O–H groups in total. The number of nitriles is 1. The van der Waals surface area contributed by atoms with E-state index < -0.39 is 64.7 Å². The number of hydrogen-bond donors (Lipinski definition) is 1. The van der Waals surface area contributed by atoms with E-state index in [-0.39, 0.29) is 47.0 Å². The minimum Gasteiger partial charge on any atom is -0.489 e. The second-order valence-corrected chi connectivity index (χ2v) is 12.7. The highest BCUT2D eigenvalue weighted by atomic mass is 32.2. The first-order valence-electron chi connectivity index (χ1n) is 14.0. The SMILES string of the molecule is CCS(=O)(=O)c1ccc([C@H](CC#N)NC(=O)c2ccc(N3C[C@H](Oc4ccc(C(F)(F)F)cc4)C[C@H]3COC(F)F)c(F)c2)cc1. The third-order valence-corrected chi connectivity index (χ3v) is 9.17. The maximum atomic E-state index is 15.5. The van der Waals surface area contributed by atoms with E-state index in [1.165, 1.54) is 48.2 Å². The molecule has 46 heavy (non-hydrogen) atoms. The van der Waals surface area contributed by atoms with Crippen molar-refractivity contribution in [2.45, 2.75) is 55.6 Å². The highest BCUT2D eigenvalue weighted by molar-refractivity contribution is 7.91. The number of alkyl halides is 5. The van der Waals surface area contributed by atoms with Crippen molar-refractivity contribution in [1.82, 2.24) is 5.32 Å². The van der Waals surface area contributed by atoms with Crippen molar-refractivity contribution in [1.29, 1.82) is 5.26 Å². The zero-order valence-corrected chi connectivity index (χ0v) is 25.1. The van der Waals surface area contributed by atoms with E-state index in [2.05, 4.69) is 10.1 Å². The number of anilines is 1. The molecule has 1 fully saturated rings. The molecule has 0 unspecified atom stereocenters. The predicted octanol–water partition coefficient (Wildman–Crippen LogP) is 6.29. The largest absolute Gasteiger partial charge is 0.489 e. The molecule has 246 valence electrons. The maximum absolute atomic E-state index is 15.5. The van der Waals surface area contributed by atoms with Crippen molar-refractivity contribution in [2.75, 3.05) is 23.8 Å². The van der Waals surface area contributed by atoms with Gasteiger partial charge in [-0.15, -0.1) is 0 Å². The lowest BCUT2D eigenvalue weighted by atomic mass is 10.0. The molecule has 1 heterocycles. The summed E-state index contributed by atoms with van der Waals surface area (Å²) in [7, 11) is -3.46. The first kappa shape index (κ1) is 34.6. The van der Waals surface area contributed by atoms with Crippen LogP contribution >= 0.6 is 0 Å². The summed E-state index contributed by atoms with van der Waals surface area (Å²) < 4.78 is 114. The van der Waals surface area contributed by atoms with Gasteiger partial charge in [-0.1, -0.05) is 19.1 Å². The quantitative estimate of drug-likeness (QED) is 0.226. The van der Waals surface area contributed by atoms with Crippen molar-refractivity contribution >= 4 is 21.4 Å². The second-order valence-electron chi connectivity index (χ2n) is 10.4. The first-order chi connectivity index (χ1) is 21.7. The molecule has 0 saturated carbocycles. The van der Waals surface area contributed by atoms with Crippen LogP contribution in [0.3, 0.4) is 0 Å². The Hall–Kier alpha value is -4.29. The average molecular weight is 670 g/mol. The highest BCUT2D eigenvalue weighted by Gasteiger charge is 2.36. The van der Waals surface area contributed by atoms with Gasteiger partial charge in [0.25, 0.3) is 5.91 Å². The number of ether oxygens (including phenoxy) is 2. The Bertz CT molecular complexity index is 1660. The van der Waals surface area contributed by atoms with Crippen LogP contribution in [0.2, 0.25) is 0 Å². The molecule has 3 aromatic rings. The van der Waals surface area contributed by atoms with E-state index in [0.717, 1.165) is 30.3 Å². The van der Waals surface area contributed by atoms with Gasteiger partial charge < -0.3 is 19.7 Å². The highest BCUT2D eigenvalue weighted by Crippen LogP contribution is 2.34. The number of rotatable bonds is 12. The molecule has 0 bridgehead atoms. The topological polar surface area (TPSA) is 109 Å². The smallest absolute Gasteiger partial charge is 0.416 e. The maximum Gasteiger partial charge on any atom is 0.416 e. The number of sulfone groups is 1. The van der Waals surface area contributed by atoms with Gasteiger partial charge >= 0.3 is 12.8 Å². The summed E-state index contributed by atoms with van der Waals surface area (Å²) in [5, 5.41) is 11.9. The van der Waals surface area contributed by atoms with E-state index in [9.17, 15) is 40.4 Å². The summed E-state index contributed by atoms with van der Waals surface area (Å²) in [5.41, 5.74) is -0.563. The number of amides is 1. The molecule has 0 spiro atoms. The number of nitrogens with one attached hydrogen (secondary N) is 1. The molecule has 8 nitrogen and oxygen atoms in total. The monoisotopic (exact) mass is 669 g/mol. The van der Waals surface area contributed by atoms with Crippen molar-refractivity contribution in [3.63, 3.8) is 0 Å². The molecule has 0 aromatic heterocycles. The minimum absolute atomic E-state index is 0.0191. The molecule has 3 atom stereocenters. The average Bonchev–Trinajstić information content (AvgIpc) is 3.41. The van der Waals surface area contributed by atoms with Gasteiger partial charge in [-0.3, -0.25) is 4.79 Å². The number of carbonyl (C=O) groups excluding carboxylic acids is 1. The van der Waals surface area contributed by atoms with Crippen LogP contribution in [0.25, 0.3) is 0 Å². The molecule has 3 aromatic carbocycles. The zero-order valence-electron chi connectivity index (χ0n) is 24.3. The van der Waals surface area contributed by atoms with Gasteiger partial charge in [0.1, 0.15) is 17.7 Å². The summed E-state index contributed by atoms with van der Waals surface area (Å²) in [6, 6.07) is 13.5. The van der Waals surface area contributed by atoms with Gasteiger partial charge in [0.15, 0.2) is 9.84 Å². The second kappa shape index (κ2) is 14.4. The van der Waals surface area contributed by atoms with Gasteiger partial charge in [-0.05, 0) is 60.2 Å². The fourth-order valence-electron chi connectivity index (χ4n) is 5.05. The van der Waals surface area contributed by atoms with Crippen LogP contribution in [-0.2, 0) is 20.8 Å². The van der Waals surface area contributed by atoms with Gasteiger partial charge in [0.05, 0.1) is 59.6 Å². The Morgan fingerprint density at radius 3 is 2.33 bits per heavy atom. The molecule has 1 aliphatic rings. The van der Waals surface area contributed by atoms with E-state index >= 15 is 4.39 Å². The molecule has 0 aliphatic carbocycles. The summed E-state index contributed by atoms with van der Waals surface area (Å²) in [6.07, 6.45) is -5.32. The number of halogens is 6. The Balaban J connectivity index is 1.50. The molecule has 15 heteroatoms. The fourth-order valence-corrected chi connectivity index (χ4v) is 5.94. The third-order valence-electron chi connectivity index (χ3n) is 7.42. The summed E-state index contributed by atoms with van der Waals surface area (Å²) in [4.78, 5) is 14.6. The van der Waals surface area contributed by atoms with E-state index in [0.29, 0.717) is 5.56 Å². The zero-order chi connectivity index (χ0) is 33.6. The van der Waals surface area contributed by atoms with Crippen LogP contribution in [0.4, 0.5) is 32.0 Å². The number of nitrogens with zero attached hydrogens (tertiary/aromatic N) is 2. The fraction of sp³-hybridized carbons (Fsp3) is 0.355. The van der Waals surface area contributed by atoms with E-state index in [1.807, 2.05) is 6.07 Å². The Morgan fingerprint density at radius 2 is 1.76 bits per heavy atom. The molecular formula is C31H29F6N3O5S. The van der Waals surface area contributed by atoms with Crippen molar-refractivity contribution in [3.8, 4) is 11.8 Å². The van der Waals surface area contributed by atoms with Crippen LogP contribution in [0, 0.1) is 17.1 Å². The van der Waals surface area contributed by atoms with E-state index in [1.54, 1.807) is 0 Å². The lowest BCUT2D eigenvalue weighted by Crippen LogP contribution is -2.35. The van der Waals surface area contributed by atoms with Gasteiger partial charge in [0.2, 0.25) is 0 Å². The molecule has 4 rings (SSSR count).